The van der Waals surface area contributed by atoms with Crippen LogP contribution in [-0.4, -0.2) is 10.9 Å². The maximum atomic E-state index is 13.4. The Kier molecular flexibility index (Phi) is 3.32. The minimum atomic E-state index is -0.810. The van der Waals surface area contributed by atoms with Crippen LogP contribution in [0.5, 0.6) is 0 Å². The molecule has 18 heavy (non-hydrogen) atoms. The molecule has 0 aliphatic heterocycles. The van der Waals surface area contributed by atoms with Gasteiger partial charge in [-0.2, -0.15) is 0 Å². The summed E-state index contributed by atoms with van der Waals surface area (Å²) >= 11 is 0. The summed E-state index contributed by atoms with van der Waals surface area (Å²) in [6.45, 7) is 1.69. The van der Waals surface area contributed by atoms with E-state index < -0.39 is 23.2 Å². The number of para-hydroxylation sites is 1. The summed E-state index contributed by atoms with van der Waals surface area (Å²) in [5.41, 5.74) is 0.512. The number of pyridine rings is 1. The first kappa shape index (κ1) is 12.2. The molecule has 2 rings (SSSR count). The standard InChI is InChI=1S/C13H10F2N2O/c1-8-7-16-6-5-9(8)13(18)17-12-10(14)3-2-4-11(12)15/h2-7H,1H3,(H,17,18). The summed E-state index contributed by atoms with van der Waals surface area (Å²) in [7, 11) is 0. The molecule has 1 aromatic heterocycles. The van der Waals surface area contributed by atoms with E-state index in [1.807, 2.05) is 0 Å². The summed E-state index contributed by atoms with van der Waals surface area (Å²) in [4.78, 5) is 15.7. The Morgan fingerprint density at radius 3 is 2.50 bits per heavy atom. The maximum absolute atomic E-state index is 13.4. The van der Waals surface area contributed by atoms with E-state index in [4.69, 9.17) is 0 Å². The van der Waals surface area contributed by atoms with Gasteiger partial charge in [0.15, 0.2) is 0 Å². The molecular formula is C13H10F2N2O. The number of anilines is 1. The highest BCUT2D eigenvalue weighted by atomic mass is 19.1. The Bertz CT molecular complexity index is 579. The van der Waals surface area contributed by atoms with Gasteiger partial charge < -0.3 is 5.32 Å². The van der Waals surface area contributed by atoms with Crippen LogP contribution in [0.25, 0.3) is 0 Å². The smallest absolute Gasteiger partial charge is 0.256 e. The summed E-state index contributed by atoms with van der Waals surface area (Å²) in [5.74, 6) is -2.19. The molecule has 0 spiro atoms. The molecule has 0 saturated carbocycles. The number of carbonyl (C=O) groups excluding carboxylic acids is 1. The van der Waals surface area contributed by atoms with Crippen molar-refractivity contribution in [2.75, 3.05) is 5.32 Å². The van der Waals surface area contributed by atoms with Crippen LogP contribution < -0.4 is 5.32 Å². The SMILES string of the molecule is Cc1cnccc1C(=O)Nc1c(F)cccc1F. The molecule has 0 fully saturated rings. The van der Waals surface area contributed by atoms with E-state index in [-0.39, 0.29) is 0 Å². The number of aryl methyl sites for hydroxylation is 1. The van der Waals surface area contributed by atoms with Gasteiger partial charge in [0.1, 0.15) is 17.3 Å². The molecule has 92 valence electrons. The zero-order valence-electron chi connectivity index (χ0n) is 9.58. The quantitative estimate of drug-likeness (QED) is 0.887. The topological polar surface area (TPSA) is 42.0 Å². The van der Waals surface area contributed by atoms with Crippen molar-refractivity contribution in [2.24, 2.45) is 0 Å². The van der Waals surface area contributed by atoms with Crippen molar-refractivity contribution in [1.82, 2.24) is 4.98 Å². The molecule has 0 atom stereocenters. The number of carbonyl (C=O) groups is 1. The van der Waals surface area contributed by atoms with E-state index in [2.05, 4.69) is 10.3 Å². The van der Waals surface area contributed by atoms with Crippen LogP contribution >= 0.6 is 0 Å². The summed E-state index contributed by atoms with van der Waals surface area (Å²) in [6.07, 6.45) is 2.95. The fraction of sp³-hybridized carbons (Fsp3) is 0.0769. The summed E-state index contributed by atoms with van der Waals surface area (Å²) in [6, 6.07) is 4.89. The Hall–Kier alpha value is -2.30. The highest BCUT2D eigenvalue weighted by Crippen LogP contribution is 2.19. The lowest BCUT2D eigenvalue weighted by Crippen LogP contribution is -2.15. The molecule has 0 aliphatic carbocycles. The van der Waals surface area contributed by atoms with Gasteiger partial charge >= 0.3 is 0 Å². The van der Waals surface area contributed by atoms with E-state index in [0.29, 0.717) is 11.1 Å². The molecule has 0 bridgehead atoms. The first-order chi connectivity index (χ1) is 8.59. The molecular weight excluding hydrogens is 238 g/mol. The lowest BCUT2D eigenvalue weighted by molar-refractivity contribution is 0.102. The van der Waals surface area contributed by atoms with E-state index in [9.17, 15) is 13.6 Å². The molecule has 1 N–H and O–H groups in total. The monoisotopic (exact) mass is 248 g/mol. The largest absolute Gasteiger partial charge is 0.317 e. The van der Waals surface area contributed by atoms with Crippen molar-refractivity contribution in [2.45, 2.75) is 6.92 Å². The number of nitrogens with zero attached hydrogens (tertiary/aromatic N) is 1. The molecule has 2 aromatic rings. The fourth-order valence-corrected chi connectivity index (χ4v) is 1.53. The molecule has 1 amide bonds. The van der Waals surface area contributed by atoms with E-state index in [0.717, 1.165) is 12.1 Å². The van der Waals surface area contributed by atoms with Crippen molar-refractivity contribution in [3.05, 3.63) is 59.4 Å². The second kappa shape index (κ2) is 4.91. The zero-order chi connectivity index (χ0) is 13.1. The molecule has 0 unspecified atom stereocenters. The number of aromatic nitrogens is 1. The number of hydrogen-bond acceptors (Lipinski definition) is 2. The molecule has 3 nitrogen and oxygen atoms in total. The summed E-state index contributed by atoms with van der Waals surface area (Å²) < 4.78 is 26.7. The number of halogens is 2. The van der Waals surface area contributed by atoms with Gasteiger partial charge in [0.25, 0.3) is 5.91 Å². The average molecular weight is 248 g/mol. The molecule has 0 radical (unpaired) electrons. The van der Waals surface area contributed by atoms with Crippen molar-refractivity contribution < 1.29 is 13.6 Å². The minimum absolute atomic E-state index is 0.327. The number of rotatable bonds is 2. The third kappa shape index (κ3) is 2.34. The lowest BCUT2D eigenvalue weighted by atomic mass is 10.1. The number of benzene rings is 1. The first-order valence-electron chi connectivity index (χ1n) is 5.25. The fourth-order valence-electron chi connectivity index (χ4n) is 1.53. The van der Waals surface area contributed by atoms with Gasteiger partial charge in [0, 0.05) is 18.0 Å². The Morgan fingerprint density at radius 1 is 1.22 bits per heavy atom. The van der Waals surface area contributed by atoms with E-state index >= 15 is 0 Å². The molecule has 1 heterocycles. The predicted octanol–water partition coefficient (Wildman–Crippen LogP) is 2.92. The normalized spacial score (nSPS) is 10.2. The van der Waals surface area contributed by atoms with Gasteiger partial charge in [0.2, 0.25) is 0 Å². The number of amides is 1. The minimum Gasteiger partial charge on any atom is -0.317 e. The van der Waals surface area contributed by atoms with Crippen LogP contribution in [-0.2, 0) is 0 Å². The van der Waals surface area contributed by atoms with Gasteiger partial charge in [0.05, 0.1) is 0 Å². The van der Waals surface area contributed by atoms with Crippen LogP contribution in [0.2, 0.25) is 0 Å². The average Bonchev–Trinajstić information content (AvgIpc) is 2.34. The van der Waals surface area contributed by atoms with Gasteiger partial charge in [-0.1, -0.05) is 6.07 Å². The van der Waals surface area contributed by atoms with Gasteiger partial charge in [-0.25, -0.2) is 8.78 Å². The van der Waals surface area contributed by atoms with Crippen molar-refractivity contribution in [3.63, 3.8) is 0 Å². The molecule has 1 aromatic carbocycles. The number of hydrogen-bond donors (Lipinski definition) is 1. The van der Waals surface area contributed by atoms with Crippen LogP contribution in [0.15, 0.2) is 36.7 Å². The summed E-state index contributed by atoms with van der Waals surface area (Å²) in [5, 5.41) is 2.22. The third-order valence-corrected chi connectivity index (χ3v) is 2.47. The highest BCUT2D eigenvalue weighted by Gasteiger charge is 2.14. The number of nitrogens with one attached hydrogen (secondary N) is 1. The second-order valence-corrected chi connectivity index (χ2v) is 3.74. The van der Waals surface area contributed by atoms with Crippen LogP contribution in [0.1, 0.15) is 15.9 Å². The predicted molar refractivity (Wildman–Crippen MR) is 63.3 cm³/mol. The van der Waals surface area contributed by atoms with E-state index in [1.54, 1.807) is 6.92 Å². The Balaban J connectivity index is 2.30. The van der Waals surface area contributed by atoms with Gasteiger partial charge in [-0.3, -0.25) is 9.78 Å². The van der Waals surface area contributed by atoms with Crippen LogP contribution in [0.3, 0.4) is 0 Å². The lowest BCUT2D eigenvalue weighted by Gasteiger charge is -2.08. The highest BCUT2D eigenvalue weighted by molar-refractivity contribution is 6.05. The molecule has 5 heteroatoms. The Morgan fingerprint density at radius 2 is 1.89 bits per heavy atom. The zero-order valence-corrected chi connectivity index (χ0v) is 9.58. The third-order valence-electron chi connectivity index (χ3n) is 2.47. The first-order valence-corrected chi connectivity index (χ1v) is 5.25. The van der Waals surface area contributed by atoms with Crippen LogP contribution in [0.4, 0.5) is 14.5 Å². The van der Waals surface area contributed by atoms with Crippen molar-refractivity contribution >= 4 is 11.6 Å². The second-order valence-electron chi connectivity index (χ2n) is 3.74. The Labute approximate surface area is 102 Å². The van der Waals surface area contributed by atoms with Gasteiger partial charge in [-0.05, 0) is 30.7 Å². The van der Waals surface area contributed by atoms with E-state index in [1.165, 1.54) is 24.5 Å². The molecule has 0 saturated heterocycles. The van der Waals surface area contributed by atoms with Crippen molar-refractivity contribution in [3.8, 4) is 0 Å². The van der Waals surface area contributed by atoms with Crippen LogP contribution in [0, 0.1) is 18.6 Å². The molecule has 0 aliphatic rings. The maximum Gasteiger partial charge on any atom is 0.256 e. The van der Waals surface area contributed by atoms with Crippen molar-refractivity contribution in [1.29, 1.82) is 0 Å². The van der Waals surface area contributed by atoms with Gasteiger partial charge in [-0.15, -0.1) is 0 Å².